The van der Waals surface area contributed by atoms with Gasteiger partial charge in [-0.2, -0.15) is 0 Å². The van der Waals surface area contributed by atoms with Gasteiger partial charge in [-0.3, -0.25) is 11.3 Å². The Labute approximate surface area is 98.0 Å². The third-order valence-electron chi connectivity index (χ3n) is 2.44. The van der Waals surface area contributed by atoms with Gasteiger partial charge in [-0.05, 0) is 26.3 Å². The number of para-hydroxylation sites is 1. The maximum Gasteiger partial charge on any atom is 0.124 e. The predicted molar refractivity (Wildman–Crippen MR) is 67.2 cm³/mol. The quantitative estimate of drug-likeness (QED) is 0.574. The Morgan fingerprint density at radius 1 is 1.31 bits per heavy atom. The number of nitrogens with one attached hydrogen (secondary N) is 1. The summed E-state index contributed by atoms with van der Waals surface area (Å²) >= 11 is 0. The van der Waals surface area contributed by atoms with E-state index < -0.39 is 0 Å². The van der Waals surface area contributed by atoms with E-state index in [2.05, 4.69) is 18.4 Å². The zero-order chi connectivity index (χ0) is 12.0. The molecule has 0 aliphatic carbocycles. The van der Waals surface area contributed by atoms with Gasteiger partial charge in [0, 0.05) is 11.6 Å². The molecule has 0 saturated heterocycles. The maximum absolute atomic E-state index is 5.78. The molecule has 3 N–H and O–H groups in total. The van der Waals surface area contributed by atoms with Gasteiger partial charge in [0.15, 0.2) is 0 Å². The summed E-state index contributed by atoms with van der Waals surface area (Å²) in [6.07, 6.45) is 2.28. The highest BCUT2D eigenvalue weighted by atomic mass is 16.5. The van der Waals surface area contributed by atoms with Gasteiger partial charge in [-0.1, -0.05) is 31.5 Å². The minimum atomic E-state index is 0.167. The SMILES string of the molecule is CCCC(NN)c1ccccc1OC(C)C. The first-order valence-corrected chi connectivity index (χ1v) is 5.90. The molecular weight excluding hydrogens is 200 g/mol. The molecule has 1 aromatic rings. The molecule has 0 fully saturated rings. The summed E-state index contributed by atoms with van der Waals surface area (Å²) in [7, 11) is 0. The van der Waals surface area contributed by atoms with Gasteiger partial charge in [0.2, 0.25) is 0 Å². The molecule has 0 aliphatic rings. The zero-order valence-corrected chi connectivity index (χ0v) is 10.4. The van der Waals surface area contributed by atoms with Gasteiger partial charge in [0.25, 0.3) is 0 Å². The van der Waals surface area contributed by atoms with E-state index >= 15 is 0 Å². The molecule has 0 aliphatic heterocycles. The molecule has 1 rings (SSSR count). The Morgan fingerprint density at radius 2 is 2.00 bits per heavy atom. The van der Waals surface area contributed by atoms with Crippen molar-refractivity contribution in [2.75, 3.05) is 0 Å². The van der Waals surface area contributed by atoms with Crippen LogP contribution in [0.15, 0.2) is 24.3 Å². The standard InChI is InChI=1S/C13H22N2O/c1-4-7-12(15-14)11-8-5-6-9-13(11)16-10(2)3/h5-6,8-10,12,15H,4,7,14H2,1-3H3. The second-order valence-corrected chi connectivity index (χ2v) is 4.21. The van der Waals surface area contributed by atoms with Gasteiger partial charge in [0.1, 0.15) is 5.75 Å². The molecule has 0 saturated carbocycles. The van der Waals surface area contributed by atoms with Gasteiger partial charge < -0.3 is 4.74 Å². The fourth-order valence-electron chi connectivity index (χ4n) is 1.75. The van der Waals surface area contributed by atoms with Crippen molar-refractivity contribution in [2.45, 2.75) is 45.8 Å². The first-order chi connectivity index (χ1) is 7.69. The minimum Gasteiger partial charge on any atom is -0.491 e. The minimum absolute atomic E-state index is 0.167. The van der Waals surface area contributed by atoms with E-state index in [1.807, 2.05) is 32.0 Å². The topological polar surface area (TPSA) is 47.3 Å². The second kappa shape index (κ2) is 6.51. The average Bonchev–Trinajstić information content (AvgIpc) is 2.26. The molecule has 0 bridgehead atoms. The summed E-state index contributed by atoms with van der Waals surface area (Å²) in [6.45, 7) is 6.21. The maximum atomic E-state index is 5.78. The molecule has 1 aromatic carbocycles. The molecular formula is C13H22N2O. The molecule has 1 atom stereocenters. The van der Waals surface area contributed by atoms with Gasteiger partial charge >= 0.3 is 0 Å². The van der Waals surface area contributed by atoms with E-state index in [1.54, 1.807) is 0 Å². The summed E-state index contributed by atoms with van der Waals surface area (Å²) in [5.41, 5.74) is 3.99. The number of nitrogens with two attached hydrogens (primary N) is 1. The smallest absolute Gasteiger partial charge is 0.124 e. The van der Waals surface area contributed by atoms with Crippen molar-refractivity contribution < 1.29 is 4.74 Å². The fourth-order valence-corrected chi connectivity index (χ4v) is 1.75. The fraction of sp³-hybridized carbons (Fsp3) is 0.538. The Balaban J connectivity index is 2.91. The van der Waals surface area contributed by atoms with Crippen LogP contribution in [0.25, 0.3) is 0 Å². The number of rotatable bonds is 6. The molecule has 0 spiro atoms. The molecule has 0 amide bonds. The van der Waals surface area contributed by atoms with Crippen molar-refractivity contribution in [2.24, 2.45) is 5.84 Å². The Kier molecular flexibility index (Phi) is 5.29. The van der Waals surface area contributed by atoms with E-state index in [0.29, 0.717) is 0 Å². The van der Waals surface area contributed by atoms with Crippen molar-refractivity contribution in [1.29, 1.82) is 0 Å². The lowest BCUT2D eigenvalue weighted by molar-refractivity contribution is 0.237. The molecule has 3 nitrogen and oxygen atoms in total. The lowest BCUT2D eigenvalue weighted by Gasteiger charge is -2.20. The first-order valence-electron chi connectivity index (χ1n) is 5.90. The van der Waals surface area contributed by atoms with E-state index in [-0.39, 0.29) is 12.1 Å². The molecule has 0 heterocycles. The highest BCUT2D eigenvalue weighted by Gasteiger charge is 2.14. The van der Waals surface area contributed by atoms with Crippen LogP contribution in [0, 0.1) is 0 Å². The second-order valence-electron chi connectivity index (χ2n) is 4.21. The predicted octanol–water partition coefficient (Wildman–Crippen LogP) is 2.78. The van der Waals surface area contributed by atoms with E-state index in [1.165, 1.54) is 0 Å². The van der Waals surface area contributed by atoms with Crippen LogP contribution < -0.4 is 16.0 Å². The average molecular weight is 222 g/mol. The highest BCUT2D eigenvalue weighted by Crippen LogP contribution is 2.28. The first kappa shape index (κ1) is 13.0. The summed E-state index contributed by atoms with van der Waals surface area (Å²) in [6, 6.07) is 8.23. The normalized spacial score (nSPS) is 12.8. The lowest BCUT2D eigenvalue weighted by Crippen LogP contribution is -2.28. The van der Waals surface area contributed by atoms with Crippen LogP contribution in [-0.2, 0) is 0 Å². The van der Waals surface area contributed by atoms with Crippen LogP contribution >= 0.6 is 0 Å². The van der Waals surface area contributed by atoms with E-state index in [9.17, 15) is 0 Å². The monoisotopic (exact) mass is 222 g/mol. The van der Waals surface area contributed by atoms with Crippen molar-refractivity contribution in [1.82, 2.24) is 5.43 Å². The van der Waals surface area contributed by atoms with Gasteiger partial charge in [-0.25, -0.2) is 0 Å². The molecule has 16 heavy (non-hydrogen) atoms. The zero-order valence-electron chi connectivity index (χ0n) is 10.4. The summed E-state index contributed by atoms with van der Waals surface area (Å²) in [5, 5.41) is 0. The Bertz CT molecular complexity index is 313. The summed E-state index contributed by atoms with van der Waals surface area (Å²) in [4.78, 5) is 0. The summed E-state index contributed by atoms with van der Waals surface area (Å²) in [5.74, 6) is 6.51. The van der Waals surface area contributed by atoms with E-state index in [0.717, 1.165) is 24.2 Å². The van der Waals surface area contributed by atoms with Crippen LogP contribution in [0.5, 0.6) is 5.75 Å². The molecule has 3 heteroatoms. The van der Waals surface area contributed by atoms with Crippen molar-refractivity contribution >= 4 is 0 Å². The highest BCUT2D eigenvalue weighted by molar-refractivity contribution is 5.36. The lowest BCUT2D eigenvalue weighted by atomic mass is 10.0. The Morgan fingerprint density at radius 3 is 2.56 bits per heavy atom. The number of hydrogen-bond donors (Lipinski definition) is 2. The molecule has 1 unspecified atom stereocenters. The molecule has 0 aromatic heterocycles. The largest absolute Gasteiger partial charge is 0.491 e. The van der Waals surface area contributed by atoms with Crippen molar-refractivity contribution in [3.8, 4) is 5.75 Å². The number of hydrogen-bond acceptors (Lipinski definition) is 3. The third-order valence-corrected chi connectivity index (χ3v) is 2.44. The third kappa shape index (κ3) is 3.51. The summed E-state index contributed by atoms with van der Waals surface area (Å²) < 4.78 is 5.78. The Hall–Kier alpha value is -1.06. The van der Waals surface area contributed by atoms with E-state index in [4.69, 9.17) is 10.6 Å². The van der Waals surface area contributed by atoms with Gasteiger partial charge in [-0.15, -0.1) is 0 Å². The molecule has 90 valence electrons. The number of hydrazine groups is 1. The van der Waals surface area contributed by atoms with Crippen LogP contribution in [0.1, 0.15) is 45.2 Å². The van der Waals surface area contributed by atoms with Crippen LogP contribution in [0.4, 0.5) is 0 Å². The molecule has 0 radical (unpaired) electrons. The van der Waals surface area contributed by atoms with Crippen molar-refractivity contribution in [3.05, 3.63) is 29.8 Å². The number of benzene rings is 1. The van der Waals surface area contributed by atoms with Crippen molar-refractivity contribution in [3.63, 3.8) is 0 Å². The van der Waals surface area contributed by atoms with Gasteiger partial charge in [0.05, 0.1) is 6.10 Å². The van der Waals surface area contributed by atoms with Crippen LogP contribution in [0.3, 0.4) is 0 Å². The van der Waals surface area contributed by atoms with Crippen LogP contribution in [-0.4, -0.2) is 6.10 Å². The number of ether oxygens (including phenoxy) is 1. The van der Waals surface area contributed by atoms with Crippen LogP contribution in [0.2, 0.25) is 0 Å².